The van der Waals surface area contributed by atoms with Crippen molar-refractivity contribution < 1.29 is 21.8 Å². The van der Waals surface area contributed by atoms with E-state index < -0.39 is 7.92 Å². The molecule has 32 heavy (non-hydrogen) atoms. The average molecular weight is 491 g/mol. The zero-order chi connectivity index (χ0) is 21.5. The predicted octanol–water partition coefficient (Wildman–Crippen LogP) is 6.69. The van der Waals surface area contributed by atoms with Gasteiger partial charge in [-0.15, -0.1) is 0 Å². The van der Waals surface area contributed by atoms with Gasteiger partial charge in [-0.05, 0) is 42.9 Å². The van der Waals surface area contributed by atoms with E-state index in [9.17, 15) is 0 Å². The second-order valence-corrected chi connectivity index (χ2v) is 11.9. The number of hydrogen-bond acceptors (Lipinski definition) is 2. The Balaban J connectivity index is 0.000000427. The van der Waals surface area contributed by atoms with Crippen LogP contribution in [0.5, 0.6) is 0 Å². The van der Waals surface area contributed by atoms with Gasteiger partial charge in [-0.25, -0.2) is 4.99 Å². The van der Waals surface area contributed by atoms with E-state index in [1.165, 1.54) is 62.0 Å². The number of ether oxygens (including phenoxy) is 1. The number of hydrogen-bond donors (Lipinski definition) is 0. The second kappa shape index (κ2) is 12.9. The largest absolute Gasteiger partial charge is 2.00 e. The van der Waals surface area contributed by atoms with Crippen molar-refractivity contribution in [3.8, 4) is 0 Å². The fourth-order valence-electron chi connectivity index (χ4n) is 5.08. The zero-order valence-electron chi connectivity index (χ0n) is 19.6. The summed E-state index contributed by atoms with van der Waals surface area (Å²) in [5.41, 5.74) is 0.625. The topological polar surface area (TPSA) is 21.6 Å². The molecule has 2 unspecified atom stereocenters. The van der Waals surface area contributed by atoms with E-state index in [-0.39, 0.29) is 17.1 Å². The summed E-state index contributed by atoms with van der Waals surface area (Å²) in [7, 11) is -0.398. The molecule has 2 saturated carbocycles. The first kappa shape index (κ1) is 25.5. The Morgan fingerprint density at radius 1 is 0.781 bits per heavy atom. The van der Waals surface area contributed by atoms with Crippen LogP contribution in [0.3, 0.4) is 0 Å². The molecule has 3 atom stereocenters. The molecule has 0 aromatic heterocycles. The molecule has 2 aromatic carbocycles. The Kier molecular flexibility index (Phi) is 10.3. The van der Waals surface area contributed by atoms with Crippen molar-refractivity contribution >= 4 is 24.4 Å². The fourth-order valence-corrected chi connectivity index (χ4v) is 8.21. The van der Waals surface area contributed by atoms with Crippen LogP contribution < -0.4 is 10.6 Å². The molecule has 4 heteroatoms. The average Bonchev–Trinajstić information content (AvgIpc) is 3.58. The maximum Gasteiger partial charge on any atom is 2.00 e. The van der Waals surface area contributed by atoms with Crippen LogP contribution >= 0.6 is 7.92 Å². The molecule has 1 heterocycles. The van der Waals surface area contributed by atoms with Gasteiger partial charge in [-0.2, -0.15) is 0 Å². The molecule has 0 spiro atoms. The first-order valence-electron chi connectivity index (χ1n) is 12.3. The quantitative estimate of drug-likeness (QED) is 0.337. The Hall–Kier alpha value is -1.14. The predicted molar refractivity (Wildman–Crippen MR) is 135 cm³/mol. The van der Waals surface area contributed by atoms with Gasteiger partial charge in [0.2, 0.25) is 0 Å². The first-order valence-corrected chi connectivity index (χ1v) is 13.7. The van der Waals surface area contributed by atoms with Gasteiger partial charge in [0.05, 0.1) is 6.04 Å². The SMILES string of the molecule is C1CCCC1.CC(C)[C@H]1COC(C2CCCC2P(c2ccccc2)c2ccccc2)=N1.[Fe+2]. The van der Waals surface area contributed by atoms with Gasteiger partial charge < -0.3 is 4.74 Å². The number of aliphatic imine (C=N–C) groups is 1. The van der Waals surface area contributed by atoms with Crippen molar-refractivity contribution in [2.75, 3.05) is 6.61 Å². The van der Waals surface area contributed by atoms with E-state index >= 15 is 0 Å². The fraction of sp³-hybridized carbons (Fsp3) is 0.536. The van der Waals surface area contributed by atoms with Crippen LogP contribution in [0.4, 0.5) is 0 Å². The molecular formula is C28H38FeNOP+2. The second-order valence-electron chi connectivity index (χ2n) is 9.50. The number of nitrogens with zero attached hydrogens (tertiary/aromatic N) is 1. The van der Waals surface area contributed by atoms with Crippen LogP contribution in [-0.4, -0.2) is 24.2 Å². The minimum atomic E-state index is -0.398. The normalized spacial score (nSPS) is 24.5. The van der Waals surface area contributed by atoms with Crippen molar-refractivity contribution in [3.63, 3.8) is 0 Å². The Morgan fingerprint density at radius 3 is 1.78 bits per heavy atom. The first-order chi connectivity index (χ1) is 15.2. The third-order valence-corrected chi connectivity index (χ3v) is 9.90. The summed E-state index contributed by atoms with van der Waals surface area (Å²) in [6.45, 7) is 5.26. The van der Waals surface area contributed by atoms with Crippen molar-refractivity contribution in [2.45, 2.75) is 76.9 Å². The van der Waals surface area contributed by atoms with E-state index in [2.05, 4.69) is 74.5 Å². The Labute approximate surface area is 206 Å². The molecule has 0 saturated heterocycles. The van der Waals surface area contributed by atoms with Crippen molar-refractivity contribution in [1.29, 1.82) is 0 Å². The van der Waals surface area contributed by atoms with E-state index in [0.717, 1.165) is 12.5 Å². The summed E-state index contributed by atoms with van der Waals surface area (Å²) >= 11 is 0. The van der Waals surface area contributed by atoms with E-state index in [1.54, 1.807) is 0 Å². The summed E-state index contributed by atoms with van der Waals surface area (Å²) in [6, 6.07) is 22.5. The third-order valence-electron chi connectivity index (χ3n) is 6.91. The van der Waals surface area contributed by atoms with Gasteiger partial charge in [0.25, 0.3) is 0 Å². The molecular weight excluding hydrogens is 453 g/mol. The van der Waals surface area contributed by atoms with Crippen molar-refractivity contribution in [1.82, 2.24) is 0 Å². The molecule has 2 fully saturated rings. The van der Waals surface area contributed by atoms with Gasteiger partial charge in [-0.3, -0.25) is 0 Å². The summed E-state index contributed by atoms with van der Waals surface area (Å²) in [6.07, 6.45) is 11.3. The van der Waals surface area contributed by atoms with Crippen LogP contribution in [0.2, 0.25) is 0 Å². The van der Waals surface area contributed by atoms with Crippen LogP contribution in [0.15, 0.2) is 65.7 Å². The summed E-state index contributed by atoms with van der Waals surface area (Å²) in [5.74, 6) is 2.08. The molecule has 3 aliphatic rings. The molecule has 172 valence electrons. The van der Waals surface area contributed by atoms with Gasteiger partial charge in [0.15, 0.2) is 5.90 Å². The molecule has 0 radical (unpaired) electrons. The third kappa shape index (κ3) is 6.47. The standard InChI is InChI=1S/C23H28NOP.C5H10.Fe/c1-17(2)21-16-25-23(24-21)20-14-9-15-22(20)26(18-10-5-3-6-11-18)19-12-7-4-8-13-19;1-2-4-5-3-1;/h3-8,10-13,17,20-22H,9,14-16H2,1-2H3;1-5H2;/q;;+2/t20?,21-,22?;;/m1../s1. The molecule has 2 nitrogen and oxygen atoms in total. The molecule has 0 N–H and O–H groups in total. The maximum atomic E-state index is 6.12. The summed E-state index contributed by atoms with van der Waals surface area (Å²) in [4.78, 5) is 4.99. The number of rotatable bonds is 5. The van der Waals surface area contributed by atoms with Gasteiger partial charge in [-0.1, -0.05) is 113 Å². The molecule has 2 aliphatic carbocycles. The van der Waals surface area contributed by atoms with Crippen LogP contribution in [0.25, 0.3) is 0 Å². The molecule has 2 aromatic rings. The molecule has 0 amide bonds. The Morgan fingerprint density at radius 2 is 1.31 bits per heavy atom. The molecule has 5 rings (SSSR count). The van der Waals surface area contributed by atoms with Crippen molar-refractivity contribution in [2.24, 2.45) is 16.8 Å². The van der Waals surface area contributed by atoms with Crippen LogP contribution in [-0.2, 0) is 21.8 Å². The van der Waals surface area contributed by atoms with Crippen LogP contribution in [0.1, 0.15) is 65.2 Å². The molecule has 0 bridgehead atoms. The summed E-state index contributed by atoms with van der Waals surface area (Å²) in [5, 5.41) is 2.95. The van der Waals surface area contributed by atoms with Gasteiger partial charge >= 0.3 is 17.1 Å². The zero-order valence-corrected chi connectivity index (χ0v) is 21.6. The number of benzene rings is 2. The minimum Gasteiger partial charge on any atom is -0.478 e. The maximum absolute atomic E-state index is 6.12. The van der Waals surface area contributed by atoms with Crippen LogP contribution in [0, 0.1) is 11.8 Å². The van der Waals surface area contributed by atoms with Gasteiger partial charge in [0.1, 0.15) is 6.61 Å². The van der Waals surface area contributed by atoms with E-state index in [0.29, 0.717) is 23.5 Å². The van der Waals surface area contributed by atoms with E-state index in [1.807, 2.05) is 0 Å². The monoisotopic (exact) mass is 491 g/mol. The van der Waals surface area contributed by atoms with Crippen molar-refractivity contribution in [3.05, 3.63) is 60.7 Å². The minimum absolute atomic E-state index is 0. The Bertz CT molecular complexity index is 775. The molecule has 1 aliphatic heterocycles. The summed E-state index contributed by atoms with van der Waals surface area (Å²) < 4.78 is 6.12. The van der Waals surface area contributed by atoms with Gasteiger partial charge in [0, 0.05) is 5.92 Å². The smallest absolute Gasteiger partial charge is 0.478 e. The van der Waals surface area contributed by atoms with E-state index in [4.69, 9.17) is 9.73 Å².